The summed E-state index contributed by atoms with van der Waals surface area (Å²) in [5, 5.41) is 0.432. The van der Waals surface area contributed by atoms with E-state index in [2.05, 4.69) is 0 Å². The fourth-order valence-corrected chi connectivity index (χ4v) is 2.34. The Balaban J connectivity index is 2.19. The van der Waals surface area contributed by atoms with Crippen molar-refractivity contribution in [3.8, 4) is 0 Å². The van der Waals surface area contributed by atoms with Gasteiger partial charge in [0, 0.05) is 24.8 Å². The van der Waals surface area contributed by atoms with Crippen molar-refractivity contribution < 1.29 is 9.18 Å². The van der Waals surface area contributed by atoms with Crippen LogP contribution in [0.3, 0.4) is 0 Å². The maximum absolute atomic E-state index is 13.1. The minimum atomic E-state index is -0.249. The predicted octanol–water partition coefficient (Wildman–Crippen LogP) is 4.32. The predicted molar refractivity (Wildman–Crippen MR) is 80.0 cm³/mol. The number of halogens is 2. The number of hydrogen-bond donors (Lipinski definition) is 0. The van der Waals surface area contributed by atoms with Gasteiger partial charge < -0.3 is 4.90 Å². The second kappa shape index (κ2) is 6.06. The molecule has 0 aliphatic carbocycles. The van der Waals surface area contributed by atoms with Crippen LogP contribution in [0.25, 0.3) is 0 Å². The summed E-state index contributed by atoms with van der Waals surface area (Å²) in [6, 6.07) is 11.8. The van der Waals surface area contributed by atoms with Gasteiger partial charge in [-0.05, 0) is 42.8 Å². The Morgan fingerprint density at radius 2 is 2.00 bits per heavy atom. The largest absolute Gasteiger partial charge is 0.370 e. The molecule has 2 aromatic carbocycles. The molecule has 2 rings (SSSR count). The van der Waals surface area contributed by atoms with Crippen LogP contribution in [0.4, 0.5) is 10.1 Å². The molecule has 0 saturated heterocycles. The second-order valence-corrected chi connectivity index (χ2v) is 5.11. The fourth-order valence-electron chi connectivity index (χ4n) is 2.03. The van der Waals surface area contributed by atoms with Crippen LogP contribution < -0.4 is 4.90 Å². The lowest BCUT2D eigenvalue weighted by molar-refractivity contribution is 0.101. The van der Waals surface area contributed by atoms with E-state index in [1.807, 2.05) is 24.1 Å². The average molecular weight is 292 g/mol. The number of carbonyl (C=O) groups is 1. The zero-order valence-electron chi connectivity index (χ0n) is 11.4. The van der Waals surface area contributed by atoms with Crippen LogP contribution >= 0.6 is 11.6 Å². The van der Waals surface area contributed by atoms with Gasteiger partial charge >= 0.3 is 0 Å². The molecule has 0 amide bonds. The maximum atomic E-state index is 13.1. The molecule has 0 spiro atoms. The molecule has 0 bridgehead atoms. The lowest BCUT2D eigenvalue weighted by Crippen LogP contribution is -2.16. The standard InChI is InChI=1S/C16H15ClFNO/c1-11(20)15-7-6-14(9-16(15)17)19(2)10-12-4-3-5-13(18)8-12/h3-9H,10H2,1-2H3. The molecule has 0 fully saturated rings. The summed E-state index contributed by atoms with van der Waals surface area (Å²) >= 11 is 6.09. The summed E-state index contributed by atoms with van der Waals surface area (Å²) in [6.45, 7) is 2.05. The number of anilines is 1. The maximum Gasteiger partial charge on any atom is 0.161 e. The van der Waals surface area contributed by atoms with Gasteiger partial charge in [-0.3, -0.25) is 4.79 Å². The minimum Gasteiger partial charge on any atom is -0.370 e. The zero-order valence-corrected chi connectivity index (χ0v) is 12.1. The summed E-state index contributed by atoms with van der Waals surface area (Å²) in [5.74, 6) is -0.310. The van der Waals surface area contributed by atoms with Gasteiger partial charge in [0.05, 0.1) is 5.02 Å². The number of ketones is 1. The number of nitrogens with zero attached hydrogens (tertiary/aromatic N) is 1. The molecule has 0 atom stereocenters. The highest BCUT2D eigenvalue weighted by molar-refractivity contribution is 6.34. The van der Waals surface area contributed by atoms with E-state index >= 15 is 0 Å². The number of benzene rings is 2. The molecule has 20 heavy (non-hydrogen) atoms. The lowest BCUT2D eigenvalue weighted by Gasteiger charge is -2.20. The number of rotatable bonds is 4. The van der Waals surface area contributed by atoms with Gasteiger partial charge in [0.2, 0.25) is 0 Å². The van der Waals surface area contributed by atoms with Crippen LogP contribution in [0.1, 0.15) is 22.8 Å². The minimum absolute atomic E-state index is 0.0608. The van der Waals surface area contributed by atoms with Crippen molar-refractivity contribution in [1.82, 2.24) is 0 Å². The molecule has 0 aliphatic rings. The van der Waals surface area contributed by atoms with E-state index < -0.39 is 0 Å². The van der Waals surface area contributed by atoms with Gasteiger partial charge in [-0.15, -0.1) is 0 Å². The highest BCUT2D eigenvalue weighted by Crippen LogP contribution is 2.24. The van der Waals surface area contributed by atoms with Crippen molar-refractivity contribution in [3.63, 3.8) is 0 Å². The third kappa shape index (κ3) is 3.36. The Morgan fingerprint density at radius 3 is 2.60 bits per heavy atom. The van der Waals surface area contributed by atoms with Crippen molar-refractivity contribution in [2.45, 2.75) is 13.5 Å². The van der Waals surface area contributed by atoms with E-state index in [-0.39, 0.29) is 11.6 Å². The summed E-state index contributed by atoms with van der Waals surface area (Å²) < 4.78 is 13.1. The van der Waals surface area contributed by atoms with Crippen LogP contribution in [0, 0.1) is 5.82 Å². The van der Waals surface area contributed by atoms with Crippen molar-refractivity contribution in [2.24, 2.45) is 0 Å². The molecular formula is C16H15ClFNO. The number of Topliss-reactive ketones (excluding diaryl/α,β-unsaturated/α-hetero) is 1. The first-order valence-corrected chi connectivity index (χ1v) is 6.61. The molecule has 0 radical (unpaired) electrons. The van der Waals surface area contributed by atoms with Crippen LogP contribution in [0.2, 0.25) is 5.02 Å². The van der Waals surface area contributed by atoms with Crippen molar-refractivity contribution >= 4 is 23.1 Å². The molecule has 0 unspecified atom stereocenters. The molecule has 104 valence electrons. The summed E-state index contributed by atoms with van der Waals surface area (Å²) in [6.07, 6.45) is 0. The topological polar surface area (TPSA) is 20.3 Å². The van der Waals surface area contributed by atoms with Gasteiger partial charge in [0.25, 0.3) is 0 Å². The Kier molecular flexibility index (Phi) is 4.40. The average Bonchev–Trinajstić information content (AvgIpc) is 2.38. The molecule has 2 aromatic rings. The highest BCUT2D eigenvalue weighted by Gasteiger charge is 2.09. The Hall–Kier alpha value is -1.87. The SMILES string of the molecule is CC(=O)c1ccc(N(C)Cc2cccc(F)c2)cc1Cl. The molecule has 0 aromatic heterocycles. The quantitative estimate of drug-likeness (QED) is 0.782. The first-order valence-electron chi connectivity index (χ1n) is 6.23. The fraction of sp³-hybridized carbons (Fsp3) is 0.188. The van der Waals surface area contributed by atoms with Crippen LogP contribution in [-0.2, 0) is 6.54 Å². The van der Waals surface area contributed by atoms with Crippen molar-refractivity contribution in [1.29, 1.82) is 0 Å². The Labute approximate surface area is 122 Å². The van der Waals surface area contributed by atoms with E-state index in [1.54, 1.807) is 18.2 Å². The number of carbonyl (C=O) groups excluding carboxylic acids is 1. The zero-order chi connectivity index (χ0) is 14.7. The van der Waals surface area contributed by atoms with Crippen LogP contribution in [0.15, 0.2) is 42.5 Å². The third-order valence-corrected chi connectivity index (χ3v) is 3.39. The molecular weight excluding hydrogens is 277 g/mol. The van der Waals surface area contributed by atoms with Gasteiger partial charge in [-0.2, -0.15) is 0 Å². The normalized spacial score (nSPS) is 10.4. The van der Waals surface area contributed by atoms with E-state index in [0.717, 1.165) is 11.3 Å². The monoisotopic (exact) mass is 291 g/mol. The van der Waals surface area contributed by atoms with Gasteiger partial charge in [0.1, 0.15) is 5.82 Å². The van der Waals surface area contributed by atoms with Crippen molar-refractivity contribution in [2.75, 3.05) is 11.9 Å². The first-order chi connectivity index (χ1) is 9.47. The Bertz CT molecular complexity index is 642. The lowest BCUT2D eigenvalue weighted by atomic mass is 10.1. The van der Waals surface area contributed by atoms with E-state index in [9.17, 15) is 9.18 Å². The van der Waals surface area contributed by atoms with E-state index in [4.69, 9.17) is 11.6 Å². The van der Waals surface area contributed by atoms with Crippen molar-refractivity contribution in [3.05, 3.63) is 64.4 Å². The smallest absolute Gasteiger partial charge is 0.161 e. The third-order valence-electron chi connectivity index (χ3n) is 3.08. The molecule has 0 saturated carbocycles. The molecule has 0 N–H and O–H groups in total. The van der Waals surface area contributed by atoms with E-state index in [1.165, 1.54) is 19.1 Å². The number of hydrogen-bond acceptors (Lipinski definition) is 2. The molecule has 4 heteroatoms. The van der Waals surface area contributed by atoms with Crippen LogP contribution in [0.5, 0.6) is 0 Å². The highest BCUT2D eigenvalue weighted by atomic mass is 35.5. The molecule has 0 heterocycles. The molecule has 0 aliphatic heterocycles. The van der Waals surface area contributed by atoms with Gasteiger partial charge in [-0.1, -0.05) is 23.7 Å². The van der Waals surface area contributed by atoms with E-state index in [0.29, 0.717) is 17.1 Å². The van der Waals surface area contributed by atoms with Crippen LogP contribution in [-0.4, -0.2) is 12.8 Å². The van der Waals surface area contributed by atoms with Gasteiger partial charge in [0.15, 0.2) is 5.78 Å². The Morgan fingerprint density at radius 1 is 1.25 bits per heavy atom. The first kappa shape index (κ1) is 14.5. The molecule has 2 nitrogen and oxygen atoms in total. The second-order valence-electron chi connectivity index (χ2n) is 4.71. The summed E-state index contributed by atoms with van der Waals surface area (Å²) in [4.78, 5) is 13.3. The summed E-state index contributed by atoms with van der Waals surface area (Å²) in [7, 11) is 1.89. The summed E-state index contributed by atoms with van der Waals surface area (Å²) in [5.41, 5.74) is 2.26. The van der Waals surface area contributed by atoms with Gasteiger partial charge in [-0.25, -0.2) is 4.39 Å².